The van der Waals surface area contributed by atoms with E-state index in [0.717, 1.165) is 5.54 Å². The lowest BCUT2D eigenvalue weighted by Gasteiger charge is -1.92. The summed E-state index contributed by atoms with van der Waals surface area (Å²) in [5, 5.41) is 0. The molecule has 0 aliphatic heterocycles. The van der Waals surface area contributed by atoms with Crippen molar-refractivity contribution in [2.45, 2.75) is 6.92 Å². The van der Waals surface area contributed by atoms with Gasteiger partial charge in [-0.1, -0.05) is 11.6 Å². The van der Waals surface area contributed by atoms with Crippen LogP contribution in [0.5, 0.6) is 0 Å². The van der Waals surface area contributed by atoms with Crippen LogP contribution in [-0.2, 0) is 4.74 Å². The van der Waals surface area contributed by atoms with Crippen LogP contribution in [0.25, 0.3) is 0 Å². The fraction of sp³-hybridized carbons (Fsp3) is 0.500. The van der Waals surface area contributed by atoms with Crippen molar-refractivity contribution in [2.24, 2.45) is 0 Å². The van der Waals surface area contributed by atoms with Crippen molar-refractivity contribution in [3.63, 3.8) is 0 Å². The van der Waals surface area contributed by atoms with Gasteiger partial charge in [-0.05, 0) is 6.92 Å². The fourth-order valence-corrected chi connectivity index (χ4v) is 0.232. The Morgan fingerprint density at radius 1 is 2.00 bits per heavy atom. The number of halogens is 2. The highest BCUT2D eigenvalue weighted by molar-refractivity contribution is 6.25. The Morgan fingerprint density at radius 2 is 2.57 bits per heavy atom. The van der Waals surface area contributed by atoms with E-state index >= 15 is 0 Å². The summed E-state index contributed by atoms with van der Waals surface area (Å²) in [7, 11) is 0. The van der Waals surface area contributed by atoms with Gasteiger partial charge in [0.15, 0.2) is 0 Å². The van der Waals surface area contributed by atoms with Gasteiger partial charge in [-0.2, -0.15) is 4.39 Å². The summed E-state index contributed by atoms with van der Waals surface area (Å²) in [5.41, 5.74) is 0.753. The van der Waals surface area contributed by atoms with E-state index in [-0.39, 0.29) is 0 Å². The van der Waals surface area contributed by atoms with Crippen molar-refractivity contribution >= 4 is 11.6 Å². The summed E-state index contributed by atoms with van der Waals surface area (Å²) in [6, 6.07) is -0.732. The molecular formula is C4H6ClFO. The molecule has 0 amide bonds. The van der Waals surface area contributed by atoms with Gasteiger partial charge in [-0.3, -0.25) is 0 Å². The molecule has 0 saturated carbocycles. The van der Waals surface area contributed by atoms with E-state index in [4.69, 9.17) is 11.6 Å². The number of hydrogen-bond donors (Lipinski definition) is 0. The van der Waals surface area contributed by atoms with Crippen LogP contribution >= 0.6 is 11.6 Å². The highest BCUT2D eigenvalue weighted by Gasteiger charge is 1.85. The van der Waals surface area contributed by atoms with Gasteiger partial charge >= 0.3 is 0 Å². The van der Waals surface area contributed by atoms with Crippen molar-refractivity contribution < 1.29 is 9.13 Å². The minimum absolute atomic E-state index is 0.315. The SMILES string of the molecule is CCO/C(F)=C\Cl. The maximum Gasteiger partial charge on any atom is 0.284 e. The zero-order valence-electron chi connectivity index (χ0n) is 3.95. The molecule has 0 aromatic rings. The molecule has 0 aromatic carbocycles. The maximum atomic E-state index is 11.6. The molecule has 0 heterocycles. The zero-order chi connectivity index (χ0) is 5.70. The molecule has 0 bridgehead atoms. The third-order valence-electron chi connectivity index (χ3n) is 0.368. The summed E-state index contributed by atoms with van der Waals surface area (Å²) in [6.45, 7) is 2.00. The van der Waals surface area contributed by atoms with Gasteiger partial charge in [0.1, 0.15) is 0 Å². The Morgan fingerprint density at radius 3 is 2.71 bits per heavy atom. The summed E-state index contributed by atoms with van der Waals surface area (Å²) in [6.07, 6.45) is 0. The van der Waals surface area contributed by atoms with E-state index in [1.807, 2.05) is 0 Å². The monoisotopic (exact) mass is 124 g/mol. The second kappa shape index (κ2) is 3.93. The molecule has 0 aliphatic rings. The topological polar surface area (TPSA) is 9.23 Å². The third-order valence-corrected chi connectivity index (χ3v) is 0.540. The molecule has 0 rings (SSSR count). The van der Waals surface area contributed by atoms with Gasteiger partial charge in [-0.25, -0.2) is 0 Å². The lowest BCUT2D eigenvalue weighted by molar-refractivity contribution is 0.159. The Balaban J connectivity index is 3.17. The highest BCUT2D eigenvalue weighted by Crippen LogP contribution is 1.98. The molecule has 0 fully saturated rings. The molecule has 0 atom stereocenters. The number of rotatable bonds is 2. The van der Waals surface area contributed by atoms with Crippen LogP contribution in [0.3, 0.4) is 0 Å². The van der Waals surface area contributed by atoms with Gasteiger partial charge in [-0.15, -0.1) is 0 Å². The molecule has 42 valence electrons. The van der Waals surface area contributed by atoms with Crippen molar-refractivity contribution in [1.82, 2.24) is 0 Å². The van der Waals surface area contributed by atoms with Gasteiger partial charge in [0, 0.05) is 0 Å². The smallest absolute Gasteiger partial charge is 0.284 e. The van der Waals surface area contributed by atoms with E-state index < -0.39 is 6.01 Å². The molecule has 0 N–H and O–H groups in total. The predicted molar refractivity (Wildman–Crippen MR) is 26.7 cm³/mol. The van der Waals surface area contributed by atoms with Crippen LogP contribution in [-0.4, -0.2) is 6.61 Å². The molecular weight excluding hydrogens is 118 g/mol. The number of ether oxygens (including phenoxy) is 1. The first-order valence-corrected chi connectivity index (χ1v) is 2.33. The Kier molecular flexibility index (Phi) is 3.80. The first-order valence-electron chi connectivity index (χ1n) is 1.90. The average molecular weight is 125 g/mol. The van der Waals surface area contributed by atoms with Crippen LogP contribution < -0.4 is 0 Å². The van der Waals surface area contributed by atoms with Crippen molar-refractivity contribution in [1.29, 1.82) is 0 Å². The van der Waals surface area contributed by atoms with Crippen LogP contribution in [0, 0.1) is 0 Å². The van der Waals surface area contributed by atoms with E-state index in [1.165, 1.54) is 0 Å². The maximum absolute atomic E-state index is 11.6. The molecule has 0 spiro atoms. The number of hydrogen-bond acceptors (Lipinski definition) is 1. The predicted octanol–water partition coefficient (Wildman–Crippen LogP) is 2.03. The highest BCUT2D eigenvalue weighted by atomic mass is 35.5. The van der Waals surface area contributed by atoms with E-state index in [0.29, 0.717) is 6.61 Å². The van der Waals surface area contributed by atoms with Crippen molar-refractivity contribution in [2.75, 3.05) is 6.61 Å². The molecule has 0 aliphatic carbocycles. The normalized spacial score (nSPS) is 11.6. The van der Waals surface area contributed by atoms with Gasteiger partial charge < -0.3 is 4.74 Å². The van der Waals surface area contributed by atoms with E-state index in [1.54, 1.807) is 6.92 Å². The van der Waals surface area contributed by atoms with E-state index in [9.17, 15) is 4.39 Å². The summed E-state index contributed by atoms with van der Waals surface area (Å²) >= 11 is 4.87. The first-order chi connectivity index (χ1) is 3.31. The van der Waals surface area contributed by atoms with Crippen LogP contribution in [0.2, 0.25) is 0 Å². The molecule has 0 aromatic heterocycles. The lowest BCUT2D eigenvalue weighted by Crippen LogP contribution is -1.81. The minimum atomic E-state index is -0.732. The van der Waals surface area contributed by atoms with Crippen LogP contribution in [0.4, 0.5) is 4.39 Å². The molecule has 0 saturated heterocycles. The summed E-state index contributed by atoms with van der Waals surface area (Å²) in [4.78, 5) is 0. The van der Waals surface area contributed by atoms with Crippen LogP contribution in [0.1, 0.15) is 6.92 Å². The van der Waals surface area contributed by atoms with Gasteiger partial charge in [0.2, 0.25) is 0 Å². The molecule has 7 heavy (non-hydrogen) atoms. The quantitative estimate of drug-likeness (QED) is 0.512. The second-order valence-corrected chi connectivity index (χ2v) is 1.06. The van der Waals surface area contributed by atoms with Crippen LogP contribution in [0.15, 0.2) is 11.5 Å². The van der Waals surface area contributed by atoms with Crippen molar-refractivity contribution in [3.8, 4) is 0 Å². The minimum Gasteiger partial charge on any atom is -0.470 e. The van der Waals surface area contributed by atoms with Gasteiger partial charge in [0.05, 0.1) is 12.1 Å². The lowest BCUT2D eigenvalue weighted by atomic mass is 10.9. The first kappa shape index (κ1) is 6.76. The largest absolute Gasteiger partial charge is 0.470 e. The van der Waals surface area contributed by atoms with E-state index in [2.05, 4.69) is 4.74 Å². The molecule has 0 unspecified atom stereocenters. The fourth-order valence-electron chi connectivity index (χ4n) is 0.169. The molecule has 1 nitrogen and oxygen atoms in total. The Hall–Kier alpha value is -0.240. The zero-order valence-corrected chi connectivity index (χ0v) is 4.70. The van der Waals surface area contributed by atoms with Crippen molar-refractivity contribution in [3.05, 3.63) is 11.5 Å². The third kappa shape index (κ3) is 3.59. The van der Waals surface area contributed by atoms with Gasteiger partial charge in [0.25, 0.3) is 6.01 Å². The Bertz CT molecular complexity index is 72.1. The summed E-state index contributed by atoms with van der Waals surface area (Å²) in [5.74, 6) is 0. The summed E-state index contributed by atoms with van der Waals surface area (Å²) < 4.78 is 15.9. The second-order valence-electron chi connectivity index (χ2n) is 0.846. The standard InChI is InChI=1S/C4H6ClFO/c1-2-7-4(6)3-5/h3H,2H2,1H3/b4-3-. The Labute approximate surface area is 46.7 Å². The molecule has 0 radical (unpaired) electrons. The molecule has 3 heteroatoms. The average Bonchev–Trinajstić information content (AvgIpc) is 1.68.